The maximum absolute atomic E-state index is 6.20. The Kier molecular flexibility index (Phi) is 3.72. The number of rotatable bonds is 4. The van der Waals surface area contributed by atoms with Crippen LogP contribution in [-0.2, 0) is 6.54 Å². The van der Waals surface area contributed by atoms with Crippen molar-refractivity contribution in [1.29, 1.82) is 0 Å². The molecule has 0 radical (unpaired) electrons. The van der Waals surface area contributed by atoms with E-state index in [1.165, 1.54) is 0 Å². The van der Waals surface area contributed by atoms with Crippen molar-refractivity contribution < 1.29 is 0 Å². The molecular formula is C12H16ClN5. The van der Waals surface area contributed by atoms with Gasteiger partial charge in [0.2, 0.25) is 5.95 Å². The van der Waals surface area contributed by atoms with Crippen LogP contribution in [0.4, 0.5) is 11.6 Å². The number of nitrogens with one attached hydrogen (secondary N) is 1. The van der Waals surface area contributed by atoms with Crippen LogP contribution in [0.2, 0.25) is 5.02 Å². The summed E-state index contributed by atoms with van der Waals surface area (Å²) in [6.45, 7) is 5.63. The molecule has 1 heterocycles. The van der Waals surface area contributed by atoms with Gasteiger partial charge in [0.1, 0.15) is 0 Å². The molecule has 2 aromatic rings. The molecule has 0 fully saturated rings. The molecule has 0 saturated carbocycles. The maximum atomic E-state index is 6.20. The molecule has 3 N–H and O–H groups in total. The summed E-state index contributed by atoms with van der Waals surface area (Å²) in [7, 11) is 0. The molecule has 0 amide bonds. The van der Waals surface area contributed by atoms with Crippen molar-refractivity contribution in [3.8, 4) is 11.4 Å². The van der Waals surface area contributed by atoms with E-state index < -0.39 is 0 Å². The lowest BCUT2D eigenvalue weighted by Crippen LogP contribution is -2.07. The topological polar surface area (TPSA) is 68.8 Å². The molecular weight excluding hydrogens is 250 g/mol. The molecule has 0 bridgehead atoms. The summed E-state index contributed by atoms with van der Waals surface area (Å²) in [5.74, 6) is 1.50. The molecule has 0 aliphatic carbocycles. The molecule has 1 aromatic carbocycles. The lowest BCUT2D eigenvalue weighted by atomic mass is 10.2. The summed E-state index contributed by atoms with van der Waals surface area (Å²) in [6, 6.07) is 5.39. The van der Waals surface area contributed by atoms with Crippen LogP contribution < -0.4 is 11.1 Å². The van der Waals surface area contributed by atoms with Crippen LogP contribution in [0, 0.1) is 0 Å². The normalized spacial score (nSPS) is 10.6. The Labute approximate surface area is 111 Å². The van der Waals surface area contributed by atoms with Gasteiger partial charge in [0.25, 0.3) is 0 Å². The Morgan fingerprint density at radius 3 is 2.72 bits per heavy atom. The zero-order valence-electron chi connectivity index (χ0n) is 10.4. The van der Waals surface area contributed by atoms with Gasteiger partial charge >= 0.3 is 0 Å². The minimum absolute atomic E-state index is 0.583. The minimum Gasteiger partial charge on any atom is -0.399 e. The average Bonchev–Trinajstić information content (AvgIpc) is 2.72. The molecule has 2 rings (SSSR count). The first-order valence-electron chi connectivity index (χ1n) is 5.89. The Hall–Kier alpha value is -1.75. The molecule has 96 valence electrons. The predicted octanol–water partition coefficient (Wildman–Crippen LogP) is 2.63. The van der Waals surface area contributed by atoms with Crippen molar-refractivity contribution in [2.45, 2.75) is 20.4 Å². The highest BCUT2D eigenvalue weighted by Gasteiger charge is 2.14. The van der Waals surface area contributed by atoms with Gasteiger partial charge in [0, 0.05) is 24.3 Å². The van der Waals surface area contributed by atoms with Gasteiger partial charge in [-0.2, -0.15) is 0 Å². The standard InChI is InChI=1S/C12H16ClN5/c1-3-15-12-17-16-11(18(12)4-2)9-6-5-8(14)7-10(9)13/h5-7H,3-4,14H2,1-2H3,(H,15,17). The molecule has 0 aliphatic rings. The average molecular weight is 266 g/mol. The first-order chi connectivity index (χ1) is 8.67. The second kappa shape index (κ2) is 5.27. The van der Waals surface area contributed by atoms with Crippen LogP contribution in [0.15, 0.2) is 18.2 Å². The van der Waals surface area contributed by atoms with Crippen LogP contribution in [0.25, 0.3) is 11.4 Å². The second-order valence-electron chi connectivity index (χ2n) is 3.86. The van der Waals surface area contributed by atoms with Crippen molar-refractivity contribution in [1.82, 2.24) is 14.8 Å². The number of halogens is 1. The first kappa shape index (κ1) is 12.7. The molecule has 0 unspecified atom stereocenters. The molecule has 18 heavy (non-hydrogen) atoms. The fraction of sp³-hybridized carbons (Fsp3) is 0.333. The molecule has 6 heteroatoms. The largest absolute Gasteiger partial charge is 0.399 e. The quantitative estimate of drug-likeness (QED) is 0.834. The van der Waals surface area contributed by atoms with Crippen LogP contribution in [0.3, 0.4) is 0 Å². The summed E-state index contributed by atoms with van der Waals surface area (Å²) in [5.41, 5.74) is 7.16. The number of nitrogen functional groups attached to an aromatic ring is 1. The van der Waals surface area contributed by atoms with Crippen molar-refractivity contribution in [3.63, 3.8) is 0 Å². The van der Waals surface area contributed by atoms with Gasteiger partial charge < -0.3 is 11.1 Å². The Morgan fingerprint density at radius 1 is 1.33 bits per heavy atom. The van der Waals surface area contributed by atoms with E-state index in [0.717, 1.165) is 30.4 Å². The highest BCUT2D eigenvalue weighted by molar-refractivity contribution is 6.33. The van der Waals surface area contributed by atoms with Gasteiger partial charge in [-0.1, -0.05) is 11.6 Å². The number of nitrogens with two attached hydrogens (primary N) is 1. The zero-order valence-corrected chi connectivity index (χ0v) is 11.2. The number of hydrogen-bond acceptors (Lipinski definition) is 4. The number of benzene rings is 1. The van der Waals surface area contributed by atoms with Gasteiger partial charge in [-0.05, 0) is 32.0 Å². The van der Waals surface area contributed by atoms with E-state index in [1.807, 2.05) is 30.5 Å². The molecule has 0 atom stereocenters. The van der Waals surface area contributed by atoms with E-state index in [0.29, 0.717) is 10.7 Å². The monoisotopic (exact) mass is 265 g/mol. The van der Waals surface area contributed by atoms with Gasteiger partial charge in [0.15, 0.2) is 5.82 Å². The van der Waals surface area contributed by atoms with Gasteiger partial charge in [-0.3, -0.25) is 4.57 Å². The zero-order chi connectivity index (χ0) is 13.1. The third-order valence-corrected chi connectivity index (χ3v) is 2.95. The Bertz CT molecular complexity index is 549. The van der Waals surface area contributed by atoms with Gasteiger partial charge in [-0.25, -0.2) is 0 Å². The number of hydrogen-bond donors (Lipinski definition) is 2. The predicted molar refractivity (Wildman–Crippen MR) is 74.7 cm³/mol. The van der Waals surface area contributed by atoms with E-state index in [-0.39, 0.29) is 0 Å². The molecule has 0 aliphatic heterocycles. The number of aromatic nitrogens is 3. The third kappa shape index (κ3) is 2.26. The maximum Gasteiger partial charge on any atom is 0.224 e. The third-order valence-electron chi connectivity index (χ3n) is 2.64. The van der Waals surface area contributed by atoms with Gasteiger partial charge in [0.05, 0.1) is 5.02 Å². The van der Waals surface area contributed by atoms with Crippen molar-refractivity contribution >= 4 is 23.2 Å². The van der Waals surface area contributed by atoms with Crippen LogP contribution in [0.5, 0.6) is 0 Å². The van der Waals surface area contributed by atoms with E-state index in [4.69, 9.17) is 17.3 Å². The smallest absolute Gasteiger partial charge is 0.224 e. The van der Waals surface area contributed by atoms with Crippen molar-refractivity contribution in [3.05, 3.63) is 23.2 Å². The van der Waals surface area contributed by atoms with E-state index in [1.54, 1.807) is 6.07 Å². The highest BCUT2D eigenvalue weighted by Crippen LogP contribution is 2.29. The van der Waals surface area contributed by atoms with E-state index in [2.05, 4.69) is 15.5 Å². The lowest BCUT2D eigenvalue weighted by Gasteiger charge is -2.09. The fourth-order valence-electron chi connectivity index (χ4n) is 1.80. The number of nitrogens with zero attached hydrogens (tertiary/aromatic N) is 3. The molecule has 1 aromatic heterocycles. The summed E-state index contributed by atoms with van der Waals surface area (Å²) < 4.78 is 1.99. The SMILES string of the molecule is CCNc1nnc(-c2ccc(N)cc2Cl)n1CC. The van der Waals surface area contributed by atoms with Crippen molar-refractivity contribution in [2.75, 3.05) is 17.6 Å². The van der Waals surface area contributed by atoms with E-state index in [9.17, 15) is 0 Å². The lowest BCUT2D eigenvalue weighted by molar-refractivity contribution is 0.770. The summed E-state index contributed by atoms with van der Waals surface area (Å²) in [6.07, 6.45) is 0. The molecule has 5 nitrogen and oxygen atoms in total. The van der Waals surface area contributed by atoms with E-state index >= 15 is 0 Å². The Balaban J connectivity index is 2.50. The number of anilines is 2. The van der Waals surface area contributed by atoms with Gasteiger partial charge in [-0.15, -0.1) is 10.2 Å². The Morgan fingerprint density at radius 2 is 2.11 bits per heavy atom. The van der Waals surface area contributed by atoms with Crippen molar-refractivity contribution in [2.24, 2.45) is 0 Å². The molecule has 0 spiro atoms. The summed E-state index contributed by atoms with van der Waals surface area (Å²) >= 11 is 6.20. The minimum atomic E-state index is 0.583. The van der Waals surface area contributed by atoms with Crippen LogP contribution in [-0.4, -0.2) is 21.3 Å². The van der Waals surface area contributed by atoms with Crippen LogP contribution in [0.1, 0.15) is 13.8 Å². The van der Waals surface area contributed by atoms with Crippen LogP contribution >= 0.6 is 11.6 Å². The second-order valence-corrected chi connectivity index (χ2v) is 4.27. The highest BCUT2D eigenvalue weighted by atomic mass is 35.5. The fourth-order valence-corrected chi connectivity index (χ4v) is 2.08. The first-order valence-corrected chi connectivity index (χ1v) is 6.27. The summed E-state index contributed by atoms with van der Waals surface area (Å²) in [5, 5.41) is 12.1. The molecule has 0 saturated heterocycles. The summed E-state index contributed by atoms with van der Waals surface area (Å²) in [4.78, 5) is 0.